The fraction of sp³-hybridized carbons (Fsp3) is 1.00. The predicted molar refractivity (Wildman–Crippen MR) is 205 cm³/mol. The molecule has 9 fully saturated rings. The van der Waals surface area contributed by atoms with Crippen molar-refractivity contribution in [2.75, 3.05) is 0 Å². The summed E-state index contributed by atoms with van der Waals surface area (Å²) in [5, 5.41) is 17.7. The molecule has 0 amide bonds. The largest absolute Gasteiger partial charge is 0.344 e. The average molecular weight is 954 g/mol. The first-order valence-corrected chi connectivity index (χ1v) is 26.3. The Hall–Kier alpha value is -0.201. The predicted octanol–water partition coefficient (Wildman–Crippen LogP) is -1.77. The number of hydrogen-bond acceptors (Lipinski definition) is 17. The molecule has 1 radical (unpaired) electrons. The Bertz CT molecular complexity index is 1850. The van der Waals surface area contributed by atoms with Crippen molar-refractivity contribution in [3.63, 3.8) is 0 Å². The zero-order valence-electron chi connectivity index (χ0n) is 31.7. The maximum absolute atomic E-state index is 13.4. The van der Waals surface area contributed by atoms with E-state index in [9.17, 15) is 51.9 Å². The van der Waals surface area contributed by atoms with Crippen molar-refractivity contribution in [2.24, 2.45) is 47.3 Å². The van der Waals surface area contributed by atoms with Gasteiger partial charge in [0.1, 0.15) is 21.0 Å². The first-order chi connectivity index (χ1) is 26.3. The van der Waals surface area contributed by atoms with E-state index in [1.54, 1.807) is 0 Å². The molecule has 15 N–H and O–H groups in total. The van der Waals surface area contributed by atoms with E-state index in [1.165, 1.54) is 0 Å². The molecule has 5 heterocycles. The van der Waals surface area contributed by atoms with Gasteiger partial charge in [0.15, 0.2) is 0 Å². The molecule has 20 atom stereocenters. The van der Waals surface area contributed by atoms with Crippen LogP contribution >= 0.6 is 0 Å². The van der Waals surface area contributed by atoms with Crippen LogP contribution in [0.2, 0.25) is 0 Å². The molecule has 21 nitrogen and oxygen atoms in total. The van der Waals surface area contributed by atoms with Gasteiger partial charge in [0.25, 0.3) is 40.5 Å². The standard InChI is InChI=1S/C32H56N8O12S4.Cu.H3N/c41-53(42,43)21-19-20(22(54(44,45)46)24(56(50,51)52)23(21)55(47,48)49)32-39-30-18-12-6-4-10-16(18)28(37-30)35-26-14-8-2-1-7-13(14)25(33-26)34-27-15-9-3-5-11-17(15)29(36-27)38-31(19)40-32;;/h13-40H,1-12H2,(H,41,42,43)(H,44,45,46)(H,47,48,49)(H,50,51,52);;1H3. The first kappa shape index (κ1) is 45.8. The van der Waals surface area contributed by atoms with Gasteiger partial charge in [-0.3, -0.25) is 60.7 Å². The van der Waals surface area contributed by atoms with Crippen LogP contribution in [0.5, 0.6) is 0 Å². The fourth-order valence-corrected chi connectivity index (χ4v) is 20.7. The van der Waals surface area contributed by atoms with Gasteiger partial charge < -0.3 is 6.15 Å². The third-order valence-corrected chi connectivity index (χ3v) is 21.0. The molecule has 4 aliphatic carbocycles. The summed E-state index contributed by atoms with van der Waals surface area (Å²) in [7, 11) is -23.0. The second kappa shape index (κ2) is 16.4. The van der Waals surface area contributed by atoms with Gasteiger partial charge in [0.2, 0.25) is 0 Å². The molecule has 9 aliphatic rings. The Morgan fingerprint density at radius 1 is 0.310 bits per heavy atom. The van der Waals surface area contributed by atoms with Crippen molar-refractivity contribution in [3.8, 4) is 0 Å². The molecule has 339 valence electrons. The van der Waals surface area contributed by atoms with Gasteiger partial charge in [-0.1, -0.05) is 38.5 Å². The quantitative estimate of drug-likeness (QED) is 0.110. The molecule has 0 aromatic carbocycles. The molecule has 9 rings (SSSR count). The van der Waals surface area contributed by atoms with Gasteiger partial charge in [-0.25, -0.2) is 0 Å². The summed E-state index contributed by atoms with van der Waals surface area (Å²) in [4.78, 5) is 0. The van der Waals surface area contributed by atoms with Crippen LogP contribution in [0.4, 0.5) is 0 Å². The minimum atomic E-state index is -5.87. The molecule has 0 spiro atoms. The van der Waals surface area contributed by atoms with E-state index >= 15 is 0 Å². The van der Waals surface area contributed by atoms with Crippen LogP contribution in [0.1, 0.15) is 77.0 Å². The number of hydrogen-bond donors (Lipinski definition) is 13. The Morgan fingerprint density at radius 3 is 0.672 bits per heavy atom. The van der Waals surface area contributed by atoms with Crippen LogP contribution in [0.15, 0.2) is 0 Å². The summed E-state index contributed by atoms with van der Waals surface area (Å²) in [5.41, 5.74) is 0. The molecule has 8 bridgehead atoms. The maximum Gasteiger partial charge on any atom is 0.270 e. The van der Waals surface area contributed by atoms with E-state index in [1.807, 2.05) is 0 Å². The third-order valence-electron chi connectivity index (χ3n) is 15.4. The second-order valence-corrected chi connectivity index (χ2v) is 24.4. The van der Waals surface area contributed by atoms with Crippen molar-refractivity contribution < 1.29 is 69.0 Å². The SMILES string of the molecule is N.O=S(=O)(O)C1C2C3NC4NC(NC5NC(NC6NC(NC(N3)C2C(S(=O)(=O)O)C(S(=O)(=O)O)C1S(=O)(=O)O)C1CCCCC61)C1CCCCC51)C1CCCCC41.[Cu]. The summed E-state index contributed by atoms with van der Waals surface area (Å²) in [5.74, 6) is -2.57. The molecule has 20 unspecified atom stereocenters. The van der Waals surface area contributed by atoms with E-state index in [0.29, 0.717) is 11.8 Å². The number of nitrogens with one attached hydrogen (secondary N) is 8. The molecular weight excluding hydrogens is 894 g/mol. The summed E-state index contributed by atoms with van der Waals surface area (Å²) < 4.78 is 149. The normalized spacial score (nSPS) is 49.3. The summed E-state index contributed by atoms with van der Waals surface area (Å²) >= 11 is 0. The van der Waals surface area contributed by atoms with Crippen LogP contribution in [-0.4, -0.2) is 122 Å². The number of rotatable bonds is 4. The molecule has 4 saturated carbocycles. The van der Waals surface area contributed by atoms with Crippen molar-refractivity contribution in [2.45, 2.75) is 147 Å². The Morgan fingerprint density at radius 2 is 0.483 bits per heavy atom. The van der Waals surface area contributed by atoms with Gasteiger partial charge in [-0.2, -0.15) is 33.7 Å². The van der Waals surface area contributed by atoms with E-state index in [2.05, 4.69) is 42.5 Å². The molecule has 0 aromatic rings. The Kier molecular flexibility index (Phi) is 13.0. The van der Waals surface area contributed by atoms with Crippen molar-refractivity contribution >= 4 is 40.5 Å². The molecule has 5 saturated heterocycles. The van der Waals surface area contributed by atoms with Gasteiger partial charge >= 0.3 is 0 Å². The second-order valence-electron chi connectivity index (χ2n) is 18.1. The average Bonchev–Trinajstić information content (AvgIpc) is 3.84. The fourth-order valence-electron chi connectivity index (χ4n) is 13.4. The van der Waals surface area contributed by atoms with Gasteiger partial charge in [-0.05, 0) is 74.0 Å². The van der Waals surface area contributed by atoms with Crippen molar-refractivity contribution in [1.82, 2.24) is 48.7 Å². The topological polar surface area (TPSA) is 349 Å². The van der Waals surface area contributed by atoms with Gasteiger partial charge in [0, 0.05) is 28.9 Å². The van der Waals surface area contributed by atoms with E-state index in [-0.39, 0.29) is 71.6 Å². The smallest absolute Gasteiger partial charge is 0.270 e. The van der Waals surface area contributed by atoms with Crippen LogP contribution in [-0.2, 0) is 57.5 Å². The molecule has 58 heavy (non-hydrogen) atoms. The summed E-state index contributed by atoms with van der Waals surface area (Å²) in [6.07, 6.45) is 7.44. The van der Waals surface area contributed by atoms with Crippen LogP contribution in [0.25, 0.3) is 0 Å². The van der Waals surface area contributed by atoms with Crippen LogP contribution in [0, 0.1) is 47.3 Å². The van der Waals surface area contributed by atoms with E-state index in [4.69, 9.17) is 0 Å². The zero-order valence-corrected chi connectivity index (χ0v) is 35.9. The summed E-state index contributed by atoms with van der Waals surface area (Å²) in [6.45, 7) is 0. The first-order valence-electron chi connectivity index (χ1n) is 20.2. The van der Waals surface area contributed by atoms with Crippen LogP contribution in [0.3, 0.4) is 0 Å². The Balaban J connectivity index is 0.00000256. The minimum Gasteiger partial charge on any atom is -0.344 e. The minimum absolute atomic E-state index is 0. The molecule has 26 heteroatoms. The third kappa shape index (κ3) is 7.99. The molecule has 5 aliphatic heterocycles. The van der Waals surface area contributed by atoms with E-state index in [0.717, 1.165) is 77.0 Å². The molecule has 0 aromatic heterocycles. The zero-order chi connectivity index (χ0) is 39.7. The van der Waals surface area contributed by atoms with Crippen LogP contribution < -0.4 is 48.7 Å². The van der Waals surface area contributed by atoms with Crippen molar-refractivity contribution in [1.29, 1.82) is 0 Å². The van der Waals surface area contributed by atoms with Crippen molar-refractivity contribution in [3.05, 3.63) is 0 Å². The summed E-state index contributed by atoms with van der Waals surface area (Å²) in [6, 6.07) is 0. The van der Waals surface area contributed by atoms with E-state index < -0.39 is 98.0 Å². The maximum atomic E-state index is 13.4. The van der Waals surface area contributed by atoms with Gasteiger partial charge in [-0.15, -0.1) is 0 Å². The monoisotopic (exact) mass is 952 g/mol. The number of fused-ring (bicyclic) bond motifs is 20. The van der Waals surface area contributed by atoms with Gasteiger partial charge in [0.05, 0.1) is 49.3 Å². The Labute approximate surface area is 351 Å². The molecular formula is C32H59CuN9O12S4.